The van der Waals surface area contributed by atoms with Gasteiger partial charge in [-0.1, -0.05) is 30.3 Å². The number of benzene rings is 3. The topological polar surface area (TPSA) is 98.7 Å². The Hall–Kier alpha value is -4.39. The molecule has 0 bridgehead atoms. The number of nitrogens with one attached hydrogen (secondary N) is 2. The van der Waals surface area contributed by atoms with E-state index >= 15 is 0 Å². The summed E-state index contributed by atoms with van der Waals surface area (Å²) < 4.78 is 64.7. The number of allylic oxidation sites excluding steroid dienone is 2. The van der Waals surface area contributed by atoms with Crippen molar-refractivity contribution in [3.8, 4) is 0 Å². The number of anilines is 2. The fourth-order valence-electron chi connectivity index (χ4n) is 4.48. The minimum Gasteiger partial charge on any atom is -0.477 e. The van der Waals surface area contributed by atoms with Crippen molar-refractivity contribution in [2.24, 2.45) is 0 Å². The molecule has 3 N–H and O–H groups in total. The predicted molar refractivity (Wildman–Crippen MR) is 158 cm³/mol. The summed E-state index contributed by atoms with van der Waals surface area (Å²) >= 11 is -0.265. The molecule has 7 nitrogen and oxygen atoms in total. The summed E-state index contributed by atoms with van der Waals surface area (Å²) in [6.07, 6.45) is 6.39. The molecule has 0 radical (unpaired) electrons. The number of amides is 3. The highest BCUT2D eigenvalue weighted by Gasteiger charge is 2.39. The van der Waals surface area contributed by atoms with E-state index in [0.717, 1.165) is 31.2 Å². The number of carbonyl (C=O) groups is 3. The average Bonchev–Trinajstić information content (AvgIpc) is 2.99. The van der Waals surface area contributed by atoms with Crippen molar-refractivity contribution in [3.63, 3.8) is 0 Å². The molecule has 3 amide bonds. The third kappa shape index (κ3) is 9.06. The van der Waals surface area contributed by atoms with Gasteiger partial charge < -0.3 is 15.7 Å². The van der Waals surface area contributed by atoms with Gasteiger partial charge in [0, 0.05) is 21.8 Å². The van der Waals surface area contributed by atoms with Gasteiger partial charge in [0.2, 0.25) is 0 Å². The number of carbonyl (C=O) groups excluding carboxylic acids is 2. The lowest BCUT2D eigenvalue weighted by atomic mass is 9.93. The zero-order valence-corrected chi connectivity index (χ0v) is 24.0. The molecule has 3 aromatic rings. The molecule has 0 aromatic heterocycles. The van der Waals surface area contributed by atoms with E-state index in [0.29, 0.717) is 11.3 Å². The number of nitrogens with zero attached hydrogens (tertiary/aromatic N) is 1. The Morgan fingerprint density at radius 3 is 2.09 bits per heavy atom. The van der Waals surface area contributed by atoms with E-state index in [1.807, 2.05) is 17.4 Å². The number of halogens is 5. The summed E-state index contributed by atoms with van der Waals surface area (Å²) in [6.45, 7) is -1.35. The zero-order chi connectivity index (χ0) is 31.9. The minimum absolute atomic E-state index is 0.00728. The first-order chi connectivity index (χ1) is 20.8. The van der Waals surface area contributed by atoms with Crippen molar-refractivity contribution < 1.29 is 41.4 Å². The van der Waals surface area contributed by atoms with E-state index in [2.05, 4.69) is 11.4 Å². The van der Waals surface area contributed by atoms with Crippen molar-refractivity contribution in [1.82, 2.24) is 5.32 Å². The number of carboxylic acids is 1. The second kappa shape index (κ2) is 13.9. The molecule has 0 heterocycles. The van der Waals surface area contributed by atoms with Crippen LogP contribution in [0.3, 0.4) is 0 Å². The quantitative estimate of drug-likeness (QED) is 0.156. The highest BCUT2D eigenvalue weighted by atomic mass is 32.2. The Labute approximate surface area is 254 Å². The number of carboxylic acid groups (broad SMARTS) is 1. The third-order valence-electron chi connectivity index (χ3n) is 6.77. The van der Waals surface area contributed by atoms with Gasteiger partial charge >= 0.3 is 23.4 Å². The molecule has 1 aliphatic carbocycles. The van der Waals surface area contributed by atoms with Crippen LogP contribution in [0.5, 0.6) is 0 Å². The fraction of sp³-hybridized carbons (Fsp3) is 0.258. The molecule has 3 aromatic carbocycles. The number of aliphatic carboxylic acids is 1. The molecule has 44 heavy (non-hydrogen) atoms. The van der Waals surface area contributed by atoms with Crippen molar-refractivity contribution in [3.05, 3.63) is 95.6 Å². The van der Waals surface area contributed by atoms with E-state index in [9.17, 15) is 36.3 Å². The summed E-state index contributed by atoms with van der Waals surface area (Å²) in [4.78, 5) is 37.7. The Morgan fingerprint density at radius 1 is 0.864 bits per heavy atom. The molecule has 0 saturated heterocycles. The highest BCUT2D eigenvalue weighted by Crippen LogP contribution is 2.37. The highest BCUT2D eigenvalue weighted by molar-refractivity contribution is 8.00. The van der Waals surface area contributed by atoms with Crippen molar-refractivity contribution in [2.75, 3.05) is 16.8 Å². The summed E-state index contributed by atoms with van der Waals surface area (Å²) in [7, 11) is 0. The van der Waals surface area contributed by atoms with Crippen LogP contribution in [0, 0.1) is 0 Å². The number of hydrogen-bond acceptors (Lipinski definition) is 4. The van der Waals surface area contributed by atoms with Crippen LogP contribution < -0.4 is 15.5 Å². The summed E-state index contributed by atoms with van der Waals surface area (Å²) in [6, 6.07) is 17.8. The van der Waals surface area contributed by atoms with E-state index in [1.54, 1.807) is 12.1 Å². The second-order valence-corrected chi connectivity index (χ2v) is 11.1. The predicted octanol–water partition coefficient (Wildman–Crippen LogP) is 7.94. The molecule has 0 spiro atoms. The Balaban J connectivity index is 1.52. The Morgan fingerprint density at radius 2 is 1.52 bits per heavy atom. The van der Waals surface area contributed by atoms with Crippen LogP contribution in [0.4, 0.5) is 38.1 Å². The van der Waals surface area contributed by atoms with Gasteiger partial charge in [0.1, 0.15) is 0 Å². The lowest BCUT2D eigenvalue weighted by Gasteiger charge is -2.24. The molecule has 0 saturated carbocycles. The van der Waals surface area contributed by atoms with Gasteiger partial charge in [0.15, 0.2) is 0 Å². The zero-order valence-electron chi connectivity index (χ0n) is 23.2. The maximum atomic E-state index is 13.5. The number of alkyl halides is 5. The third-order valence-corrected chi connectivity index (χ3v) is 7.51. The van der Waals surface area contributed by atoms with Gasteiger partial charge in [0.05, 0.1) is 13.1 Å². The normalized spacial score (nSPS) is 13.5. The summed E-state index contributed by atoms with van der Waals surface area (Å²) in [5, 5.41) is 13.1. The number of urea groups is 1. The van der Waals surface area contributed by atoms with Crippen LogP contribution in [-0.2, 0) is 11.3 Å². The largest absolute Gasteiger partial charge is 0.477 e. The SMILES string of the molecule is O=C(NCC(F)(F)C(=O)O)c1ccc(CN(C(=O)Nc2ccc(SC(F)(F)F)cc2)c2ccc(C3=CCCCC3)cc2)cc1. The molecular weight excluding hydrogens is 605 g/mol. The molecule has 0 unspecified atom stereocenters. The van der Waals surface area contributed by atoms with Gasteiger partial charge in [-0.2, -0.15) is 22.0 Å². The Kier molecular flexibility index (Phi) is 10.3. The van der Waals surface area contributed by atoms with Crippen molar-refractivity contribution in [1.29, 1.82) is 0 Å². The van der Waals surface area contributed by atoms with Crippen LogP contribution in [0.15, 0.2) is 83.8 Å². The fourth-order valence-corrected chi connectivity index (χ4v) is 5.02. The maximum Gasteiger partial charge on any atom is 0.446 e. The van der Waals surface area contributed by atoms with Crippen LogP contribution in [-0.4, -0.2) is 41.0 Å². The van der Waals surface area contributed by atoms with E-state index in [-0.39, 0.29) is 34.5 Å². The molecule has 0 atom stereocenters. The van der Waals surface area contributed by atoms with E-state index < -0.39 is 35.9 Å². The molecule has 13 heteroatoms. The van der Waals surface area contributed by atoms with Crippen LogP contribution >= 0.6 is 11.8 Å². The molecule has 0 fully saturated rings. The molecular formula is C31H28F5N3O4S. The summed E-state index contributed by atoms with van der Waals surface area (Å²) in [5.74, 6) is -7.37. The van der Waals surface area contributed by atoms with Gasteiger partial charge in [-0.25, -0.2) is 9.59 Å². The van der Waals surface area contributed by atoms with Gasteiger partial charge in [-0.3, -0.25) is 9.69 Å². The minimum atomic E-state index is -4.44. The smallest absolute Gasteiger partial charge is 0.446 e. The first-order valence-electron chi connectivity index (χ1n) is 13.5. The molecule has 0 aliphatic heterocycles. The first-order valence-corrected chi connectivity index (χ1v) is 14.3. The van der Waals surface area contributed by atoms with Gasteiger partial charge in [-0.05, 0) is 103 Å². The lowest BCUT2D eigenvalue weighted by Crippen LogP contribution is -2.42. The van der Waals surface area contributed by atoms with Gasteiger partial charge in [0.25, 0.3) is 5.91 Å². The Bertz CT molecular complexity index is 1510. The van der Waals surface area contributed by atoms with Crippen molar-refractivity contribution >= 4 is 46.6 Å². The molecule has 4 rings (SSSR count). The second-order valence-electron chi connectivity index (χ2n) is 10.00. The number of rotatable bonds is 10. The molecule has 232 valence electrons. The number of hydrogen-bond donors (Lipinski definition) is 3. The standard InChI is InChI=1S/C31H28F5N3O4S/c32-30(33,28(41)42)19-37-27(40)23-8-6-20(7-9-23)18-39(25-14-10-22(11-15-25)21-4-2-1-3-5-21)29(43)38-24-12-16-26(17-13-24)44-31(34,35)36/h4,6-17H,1-3,5,18-19H2,(H,37,40)(H,38,43)(H,41,42). The average molecular weight is 634 g/mol. The van der Waals surface area contributed by atoms with Gasteiger partial charge in [-0.15, -0.1) is 0 Å². The monoisotopic (exact) mass is 633 g/mol. The first kappa shape index (κ1) is 32.5. The van der Waals surface area contributed by atoms with Crippen molar-refractivity contribution in [2.45, 2.75) is 48.6 Å². The van der Waals surface area contributed by atoms with E-state index in [1.165, 1.54) is 59.0 Å². The van der Waals surface area contributed by atoms with E-state index in [4.69, 9.17) is 5.11 Å². The number of thioether (sulfide) groups is 1. The van der Waals surface area contributed by atoms with Crippen LogP contribution in [0.2, 0.25) is 0 Å². The summed E-state index contributed by atoms with van der Waals surface area (Å²) in [5.41, 5.74) is -0.788. The molecule has 1 aliphatic rings. The lowest BCUT2D eigenvalue weighted by molar-refractivity contribution is -0.163. The maximum absolute atomic E-state index is 13.5. The van der Waals surface area contributed by atoms with Crippen LogP contribution in [0.1, 0.15) is 47.2 Å². The van der Waals surface area contributed by atoms with Crippen LogP contribution in [0.25, 0.3) is 5.57 Å².